The Morgan fingerprint density at radius 3 is 2.03 bits per heavy atom. The van der Waals surface area contributed by atoms with Crippen LogP contribution < -0.4 is 14.2 Å². The van der Waals surface area contributed by atoms with Crippen LogP contribution in [0.25, 0.3) is 0 Å². The van der Waals surface area contributed by atoms with Gasteiger partial charge in [0.1, 0.15) is 5.75 Å². The molecule has 3 aromatic carbocycles. The SMILES string of the molecule is CCCCCCCCCCOc1ccc(C(=O)Oc2ccc(N=Nc3ccc(Cl)c(Cl)c3)cc2OC)cc1. The standard InChI is InChI=1S/C30H34Cl2N2O4/c1-3-4-5-6-7-8-9-10-19-37-25-15-11-22(12-16-25)30(35)38-28-18-14-24(21-29(28)36-2)34-33-23-13-17-26(31)27(32)20-23/h11-18,20-21H,3-10,19H2,1-2H3. The first-order valence-corrected chi connectivity index (χ1v) is 13.8. The van der Waals surface area contributed by atoms with Gasteiger partial charge in [-0.3, -0.25) is 0 Å². The number of benzene rings is 3. The van der Waals surface area contributed by atoms with Gasteiger partial charge in [-0.2, -0.15) is 10.2 Å². The Morgan fingerprint density at radius 2 is 1.37 bits per heavy atom. The molecule has 3 rings (SSSR count). The summed E-state index contributed by atoms with van der Waals surface area (Å²) in [6.45, 7) is 2.91. The van der Waals surface area contributed by atoms with Gasteiger partial charge in [0.05, 0.1) is 40.7 Å². The fraction of sp³-hybridized carbons (Fsp3) is 0.367. The highest BCUT2D eigenvalue weighted by atomic mass is 35.5. The number of halogens is 2. The average molecular weight is 558 g/mol. The Kier molecular flexibility index (Phi) is 12.4. The van der Waals surface area contributed by atoms with Crippen LogP contribution in [0.5, 0.6) is 17.2 Å². The molecule has 38 heavy (non-hydrogen) atoms. The maximum absolute atomic E-state index is 12.7. The van der Waals surface area contributed by atoms with E-state index in [-0.39, 0.29) is 5.75 Å². The highest BCUT2D eigenvalue weighted by molar-refractivity contribution is 6.42. The van der Waals surface area contributed by atoms with E-state index < -0.39 is 5.97 Å². The molecule has 0 atom stereocenters. The van der Waals surface area contributed by atoms with Gasteiger partial charge in [-0.05, 0) is 61.0 Å². The molecule has 0 aromatic heterocycles. The van der Waals surface area contributed by atoms with Crippen molar-refractivity contribution in [3.8, 4) is 17.2 Å². The molecular formula is C30H34Cl2N2O4. The maximum atomic E-state index is 12.7. The number of unbranched alkanes of at least 4 members (excludes halogenated alkanes) is 7. The van der Waals surface area contributed by atoms with Crippen LogP contribution in [0, 0.1) is 0 Å². The number of carbonyl (C=O) groups is 1. The third-order valence-electron chi connectivity index (χ3n) is 5.89. The van der Waals surface area contributed by atoms with E-state index >= 15 is 0 Å². The molecule has 0 N–H and O–H groups in total. The molecule has 3 aromatic rings. The first-order chi connectivity index (χ1) is 18.5. The monoisotopic (exact) mass is 556 g/mol. The van der Waals surface area contributed by atoms with E-state index in [1.165, 1.54) is 52.1 Å². The van der Waals surface area contributed by atoms with Gasteiger partial charge in [0.15, 0.2) is 11.5 Å². The number of hydrogen-bond donors (Lipinski definition) is 0. The number of rotatable bonds is 15. The summed E-state index contributed by atoms with van der Waals surface area (Å²) in [6.07, 6.45) is 10.0. The second-order valence-corrected chi connectivity index (χ2v) is 9.69. The number of nitrogens with zero attached hydrogens (tertiary/aromatic N) is 2. The smallest absolute Gasteiger partial charge is 0.343 e. The van der Waals surface area contributed by atoms with Crippen molar-refractivity contribution in [2.45, 2.75) is 58.3 Å². The Labute approximate surface area is 234 Å². The summed E-state index contributed by atoms with van der Waals surface area (Å²) in [6, 6.07) is 16.8. The average Bonchev–Trinajstić information content (AvgIpc) is 2.93. The Hall–Kier alpha value is -3.09. The number of carbonyl (C=O) groups excluding carboxylic acids is 1. The number of azo groups is 1. The first-order valence-electron chi connectivity index (χ1n) is 13.0. The van der Waals surface area contributed by atoms with E-state index in [0.29, 0.717) is 39.3 Å². The van der Waals surface area contributed by atoms with Crippen molar-refractivity contribution in [2.75, 3.05) is 13.7 Å². The fourth-order valence-electron chi connectivity index (χ4n) is 3.74. The van der Waals surface area contributed by atoms with Crippen LogP contribution in [0.2, 0.25) is 10.0 Å². The summed E-state index contributed by atoms with van der Waals surface area (Å²) in [5, 5.41) is 9.18. The van der Waals surface area contributed by atoms with Crippen LogP contribution in [-0.2, 0) is 0 Å². The predicted octanol–water partition coefficient (Wildman–Crippen LogP) is 10.2. The molecule has 0 unspecified atom stereocenters. The predicted molar refractivity (Wildman–Crippen MR) is 153 cm³/mol. The number of esters is 1. The van der Waals surface area contributed by atoms with Crippen LogP contribution in [0.15, 0.2) is 70.9 Å². The van der Waals surface area contributed by atoms with Crippen LogP contribution in [0.4, 0.5) is 11.4 Å². The lowest BCUT2D eigenvalue weighted by molar-refractivity contribution is 0.0729. The second kappa shape index (κ2) is 16.0. The Bertz CT molecular complexity index is 1200. The summed E-state index contributed by atoms with van der Waals surface area (Å²) in [4.78, 5) is 12.7. The molecule has 0 aliphatic carbocycles. The van der Waals surface area contributed by atoms with Crippen molar-refractivity contribution >= 4 is 40.5 Å². The van der Waals surface area contributed by atoms with E-state index in [1.54, 1.807) is 60.7 Å². The summed E-state index contributed by atoms with van der Waals surface area (Å²) in [5.41, 5.74) is 1.49. The molecule has 0 saturated heterocycles. The molecule has 202 valence electrons. The van der Waals surface area contributed by atoms with Crippen LogP contribution >= 0.6 is 23.2 Å². The number of ether oxygens (including phenoxy) is 3. The quantitative estimate of drug-likeness (QED) is 0.0807. The largest absolute Gasteiger partial charge is 0.494 e. The van der Waals surface area contributed by atoms with E-state index in [9.17, 15) is 4.79 Å². The zero-order chi connectivity index (χ0) is 27.2. The number of hydrogen-bond acceptors (Lipinski definition) is 6. The van der Waals surface area contributed by atoms with Crippen molar-refractivity contribution in [1.29, 1.82) is 0 Å². The zero-order valence-corrected chi connectivity index (χ0v) is 23.4. The molecule has 0 bridgehead atoms. The minimum atomic E-state index is -0.497. The molecule has 6 nitrogen and oxygen atoms in total. The van der Waals surface area contributed by atoms with E-state index in [0.717, 1.165) is 12.2 Å². The highest BCUT2D eigenvalue weighted by Crippen LogP contribution is 2.33. The lowest BCUT2D eigenvalue weighted by Gasteiger charge is -2.10. The topological polar surface area (TPSA) is 69.5 Å². The molecule has 0 heterocycles. The molecule has 0 amide bonds. The highest BCUT2D eigenvalue weighted by Gasteiger charge is 2.13. The zero-order valence-electron chi connectivity index (χ0n) is 21.9. The van der Waals surface area contributed by atoms with Gasteiger partial charge in [0.25, 0.3) is 0 Å². The van der Waals surface area contributed by atoms with E-state index in [1.807, 2.05) is 0 Å². The van der Waals surface area contributed by atoms with Crippen molar-refractivity contribution in [3.63, 3.8) is 0 Å². The van der Waals surface area contributed by atoms with Gasteiger partial charge in [0, 0.05) is 6.07 Å². The van der Waals surface area contributed by atoms with Gasteiger partial charge < -0.3 is 14.2 Å². The van der Waals surface area contributed by atoms with Gasteiger partial charge in [-0.15, -0.1) is 0 Å². The summed E-state index contributed by atoms with van der Waals surface area (Å²) in [5.74, 6) is 0.872. The lowest BCUT2D eigenvalue weighted by Crippen LogP contribution is -2.09. The van der Waals surface area contributed by atoms with Crippen molar-refractivity contribution in [3.05, 3.63) is 76.3 Å². The molecule has 8 heteroatoms. The normalized spacial score (nSPS) is 11.1. The van der Waals surface area contributed by atoms with Gasteiger partial charge in [0.2, 0.25) is 0 Å². The molecular weight excluding hydrogens is 523 g/mol. The molecule has 0 fully saturated rings. The van der Waals surface area contributed by atoms with Crippen LogP contribution in [-0.4, -0.2) is 19.7 Å². The van der Waals surface area contributed by atoms with Crippen LogP contribution in [0.1, 0.15) is 68.6 Å². The summed E-state index contributed by atoms with van der Waals surface area (Å²) < 4.78 is 16.8. The van der Waals surface area contributed by atoms with Crippen molar-refractivity contribution < 1.29 is 19.0 Å². The Balaban J connectivity index is 1.48. The van der Waals surface area contributed by atoms with Gasteiger partial charge in [-0.1, -0.05) is 75.1 Å². The third kappa shape index (κ3) is 9.66. The molecule has 0 spiro atoms. The summed E-state index contributed by atoms with van der Waals surface area (Å²) in [7, 11) is 1.49. The molecule has 0 saturated carbocycles. The fourth-order valence-corrected chi connectivity index (χ4v) is 4.03. The Morgan fingerprint density at radius 1 is 0.737 bits per heavy atom. The minimum absolute atomic E-state index is 0.279. The molecule has 0 aliphatic heterocycles. The van der Waals surface area contributed by atoms with E-state index in [4.69, 9.17) is 37.4 Å². The van der Waals surface area contributed by atoms with E-state index in [2.05, 4.69) is 17.2 Å². The number of methoxy groups -OCH3 is 1. The minimum Gasteiger partial charge on any atom is -0.494 e. The van der Waals surface area contributed by atoms with Crippen molar-refractivity contribution in [1.82, 2.24) is 0 Å². The van der Waals surface area contributed by atoms with Crippen LogP contribution in [0.3, 0.4) is 0 Å². The maximum Gasteiger partial charge on any atom is 0.343 e. The van der Waals surface area contributed by atoms with Crippen molar-refractivity contribution in [2.24, 2.45) is 10.2 Å². The molecule has 0 radical (unpaired) electrons. The third-order valence-corrected chi connectivity index (χ3v) is 6.63. The summed E-state index contributed by atoms with van der Waals surface area (Å²) >= 11 is 11.9. The van der Waals surface area contributed by atoms with Gasteiger partial charge >= 0.3 is 5.97 Å². The lowest BCUT2D eigenvalue weighted by atomic mass is 10.1. The second-order valence-electron chi connectivity index (χ2n) is 8.87. The van der Waals surface area contributed by atoms with Gasteiger partial charge in [-0.25, -0.2) is 4.79 Å². The first kappa shape index (κ1) is 29.5. The molecule has 0 aliphatic rings.